The zero-order valence-corrected chi connectivity index (χ0v) is 20.6. The molecule has 0 radical (unpaired) electrons. The number of carbonyl (C=O) groups is 1. The average Bonchev–Trinajstić information content (AvgIpc) is 3.37. The van der Waals surface area contributed by atoms with Crippen molar-refractivity contribution in [2.45, 2.75) is 52.5 Å². The topological polar surface area (TPSA) is 38.8 Å². The maximum absolute atomic E-state index is 15.1. The standard InChI is InChI=1S/C26H25F4NO3S/c1-15-5-7-16(8-6-15)19-13-17(35-23(19)26(28,29)30)14-33-21-10-9-20-18(22(21)27)11-12-31(20)24(32)34-25(2,3)4/h5-10,13H,11-12,14H2,1-4H3. The lowest BCUT2D eigenvalue weighted by atomic mass is 10.0. The normalized spacial score (nSPS) is 13.7. The van der Waals surface area contributed by atoms with Gasteiger partial charge in [-0.3, -0.25) is 4.90 Å². The molecule has 1 aliphatic heterocycles. The van der Waals surface area contributed by atoms with Gasteiger partial charge in [0.15, 0.2) is 11.6 Å². The number of alkyl halides is 3. The van der Waals surface area contributed by atoms with Crippen molar-refractivity contribution in [3.8, 4) is 16.9 Å². The summed E-state index contributed by atoms with van der Waals surface area (Å²) in [6.45, 7) is 7.16. The molecule has 1 amide bonds. The molecule has 9 heteroatoms. The molecule has 35 heavy (non-hydrogen) atoms. The Bertz CT molecular complexity index is 1240. The number of amides is 1. The Morgan fingerprint density at radius 2 is 1.77 bits per heavy atom. The Morgan fingerprint density at radius 1 is 1.09 bits per heavy atom. The van der Waals surface area contributed by atoms with Crippen molar-refractivity contribution in [3.63, 3.8) is 0 Å². The van der Waals surface area contributed by atoms with E-state index in [0.717, 1.165) is 5.56 Å². The minimum absolute atomic E-state index is 0.0727. The van der Waals surface area contributed by atoms with E-state index in [1.165, 1.54) is 17.0 Å². The highest BCUT2D eigenvalue weighted by Crippen LogP contribution is 2.43. The Hall–Kier alpha value is -3.07. The van der Waals surface area contributed by atoms with Gasteiger partial charge in [-0.15, -0.1) is 11.3 Å². The first-order valence-corrected chi connectivity index (χ1v) is 11.9. The van der Waals surface area contributed by atoms with Crippen molar-refractivity contribution in [1.29, 1.82) is 0 Å². The number of nitrogens with zero attached hydrogens (tertiary/aromatic N) is 1. The molecule has 3 aromatic rings. The second kappa shape index (κ2) is 9.18. The van der Waals surface area contributed by atoms with Crippen LogP contribution in [0.5, 0.6) is 5.75 Å². The van der Waals surface area contributed by atoms with E-state index >= 15 is 4.39 Å². The molecule has 0 spiro atoms. The molecule has 1 aliphatic rings. The summed E-state index contributed by atoms with van der Waals surface area (Å²) in [5.74, 6) is -0.700. The number of aryl methyl sites for hydroxylation is 1. The number of carbonyl (C=O) groups excluding carboxylic acids is 1. The van der Waals surface area contributed by atoms with E-state index in [4.69, 9.17) is 9.47 Å². The second-order valence-corrected chi connectivity index (χ2v) is 10.5. The van der Waals surface area contributed by atoms with Gasteiger partial charge in [-0.2, -0.15) is 13.2 Å². The lowest BCUT2D eigenvalue weighted by Crippen LogP contribution is -2.35. The molecule has 0 bridgehead atoms. The maximum atomic E-state index is 15.1. The fourth-order valence-electron chi connectivity index (χ4n) is 3.86. The SMILES string of the molecule is Cc1ccc(-c2cc(COc3ccc4c(c3F)CCN4C(=O)OC(C)(C)C)sc2C(F)(F)F)cc1. The first-order valence-electron chi connectivity index (χ1n) is 11.0. The van der Waals surface area contributed by atoms with Crippen LogP contribution < -0.4 is 9.64 Å². The van der Waals surface area contributed by atoms with Gasteiger partial charge in [-0.05, 0) is 57.9 Å². The van der Waals surface area contributed by atoms with Crippen LogP contribution in [-0.2, 0) is 23.9 Å². The average molecular weight is 508 g/mol. The van der Waals surface area contributed by atoms with Gasteiger partial charge >= 0.3 is 12.3 Å². The van der Waals surface area contributed by atoms with Gasteiger partial charge in [0, 0.05) is 22.5 Å². The second-order valence-electron chi connectivity index (χ2n) is 9.37. The van der Waals surface area contributed by atoms with E-state index in [1.807, 2.05) is 6.92 Å². The number of hydrogen-bond donors (Lipinski definition) is 0. The Morgan fingerprint density at radius 3 is 2.40 bits per heavy atom. The molecule has 0 unspecified atom stereocenters. The molecule has 0 aliphatic carbocycles. The molecule has 0 saturated carbocycles. The van der Waals surface area contributed by atoms with Crippen molar-refractivity contribution in [1.82, 2.24) is 0 Å². The highest BCUT2D eigenvalue weighted by molar-refractivity contribution is 7.12. The summed E-state index contributed by atoms with van der Waals surface area (Å²) < 4.78 is 67.1. The van der Waals surface area contributed by atoms with Gasteiger partial charge in [0.2, 0.25) is 0 Å². The van der Waals surface area contributed by atoms with E-state index in [9.17, 15) is 18.0 Å². The van der Waals surface area contributed by atoms with Crippen molar-refractivity contribution >= 4 is 23.1 Å². The molecule has 1 aromatic heterocycles. The van der Waals surface area contributed by atoms with Crippen LogP contribution in [0.1, 0.15) is 41.7 Å². The van der Waals surface area contributed by atoms with Gasteiger partial charge in [-0.1, -0.05) is 29.8 Å². The zero-order valence-electron chi connectivity index (χ0n) is 19.8. The van der Waals surface area contributed by atoms with Gasteiger partial charge in [-0.25, -0.2) is 9.18 Å². The minimum atomic E-state index is -4.52. The molecule has 0 atom stereocenters. The van der Waals surface area contributed by atoms with E-state index in [2.05, 4.69) is 0 Å². The largest absolute Gasteiger partial charge is 0.485 e. The summed E-state index contributed by atoms with van der Waals surface area (Å²) >= 11 is 0.584. The Kier molecular flexibility index (Phi) is 6.57. The highest BCUT2D eigenvalue weighted by atomic mass is 32.1. The van der Waals surface area contributed by atoms with Gasteiger partial charge in [0.1, 0.15) is 17.1 Å². The molecule has 0 saturated heterocycles. The van der Waals surface area contributed by atoms with Crippen LogP contribution in [0.2, 0.25) is 0 Å². The summed E-state index contributed by atoms with van der Waals surface area (Å²) in [6.07, 6.45) is -4.80. The van der Waals surface area contributed by atoms with E-state index in [-0.39, 0.29) is 30.9 Å². The van der Waals surface area contributed by atoms with Gasteiger partial charge < -0.3 is 9.47 Å². The molecule has 0 N–H and O–H groups in total. The molecule has 4 nitrogen and oxygen atoms in total. The van der Waals surface area contributed by atoms with Crippen molar-refractivity contribution in [3.05, 3.63) is 69.2 Å². The molecule has 4 rings (SSSR count). The third-order valence-corrected chi connectivity index (χ3v) is 6.60. The van der Waals surface area contributed by atoms with Crippen LogP contribution in [0.15, 0.2) is 42.5 Å². The van der Waals surface area contributed by atoms with Crippen LogP contribution in [-0.4, -0.2) is 18.2 Å². The monoisotopic (exact) mass is 507 g/mol. The maximum Gasteiger partial charge on any atom is 0.426 e. The lowest BCUT2D eigenvalue weighted by Gasteiger charge is -2.24. The van der Waals surface area contributed by atoms with Crippen molar-refractivity contribution in [2.24, 2.45) is 0 Å². The predicted octanol–water partition coefficient (Wildman–Crippen LogP) is 7.76. The van der Waals surface area contributed by atoms with Crippen molar-refractivity contribution in [2.75, 3.05) is 11.4 Å². The molecule has 186 valence electrons. The predicted molar refractivity (Wildman–Crippen MR) is 128 cm³/mol. The summed E-state index contributed by atoms with van der Waals surface area (Å²) in [5.41, 5.74) is 1.50. The van der Waals surface area contributed by atoms with Crippen LogP contribution in [0.25, 0.3) is 11.1 Å². The van der Waals surface area contributed by atoms with E-state index < -0.39 is 28.6 Å². The van der Waals surface area contributed by atoms with Crippen molar-refractivity contribution < 1.29 is 31.8 Å². The molecule has 0 fully saturated rings. The molecular formula is C26H25F4NO3S. The number of thiophene rings is 1. The number of rotatable bonds is 4. The van der Waals surface area contributed by atoms with Crippen LogP contribution in [0.3, 0.4) is 0 Å². The summed E-state index contributed by atoms with van der Waals surface area (Å²) in [6, 6.07) is 11.2. The minimum Gasteiger partial charge on any atom is -0.485 e. The van der Waals surface area contributed by atoms with Gasteiger partial charge in [0.05, 0.1) is 5.69 Å². The molecule has 2 aromatic carbocycles. The fraction of sp³-hybridized carbons (Fsp3) is 0.346. The molecular weight excluding hydrogens is 482 g/mol. The third kappa shape index (κ3) is 5.45. The smallest absolute Gasteiger partial charge is 0.426 e. The molecule has 2 heterocycles. The number of fused-ring (bicyclic) bond motifs is 1. The lowest BCUT2D eigenvalue weighted by molar-refractivity contribution is -0.133. The number of anilines is 1. The van der Waals surface area contributed by atoms with Crippen LogP contribution in [0, 0.1) is 12.7 Å². The number of ether oxygens (including phenoxy) is 2. The van der Waals surface area contributed by atoms with E-state index in [0.29, 0.717) is 33.0 Å². The first-order chi connectivity index (χ1) is 16.3. The Balaban J connectivity index is 1.55. The summed E-state index contributed by atoms with van der Waals surface area (Å²) in [4.78, 5) is 13.4. The van der Waals surface area contributed by atoms with Crippen LogP contribution >= 0.6 is 11.3 Å². The zero-order chi connectivity index (χ0) is 25.5. The Labute approximate surface area is 205 Å². The third-order valence-electron chi connectivity index (χ3n) is 5.45. The van der Waals surface area contributed by atoms with Gasteiger partial charge in [0.25, 0.3) is 0 Å². The summed E-state index contributed by atoms with van der Waals surface area (Å²) in [5, 5.41) is 0. The number of hydrogen-bond acceptors (Lipinski definition) is 4. The quantitative estimate of drug-likeness (QED) is 0.339. The highest BCUT2D eigenvalue weighted by Gasteiger charge is 2.36. The first kappa shape index (κ1) is 25.0. The summed E-state index contributed by atoms with van der Waals surface area (Å²) in [7, 11) is 0. The fourth-order valence-corrected chi connectivity index (χ4v) is 4.82. The van der Waals surface area contributed by atoms with Crippen LogP contribution in [0.4, 0.5) is 28.0 Å². The number of benzene rings is 2. The van der Waals surface area contributed by atoms with E-state index in [1.54, 1.807) is 51.1 Å². The number of halogens is 4.